The Kier molecular flexibility index (Phi) is 26.1. The third-order valence-corrected chi connectivity index (χ3v) is 3.05. The van der Waals surface area contributed by atoms with Gasteiger partial charge in [-0.1, -0.05) is 48.0 Å². The van der Waals surface area contributed by atoms with E-state index < -0.39 is 0 Å². The summed E-state index contributed by atoms with van der Waals surface area (Å²) in [6.07, 6.45) is 7.29. The predicted molar refractivity (Wildman–Crippen MR) is 62.5 cm³/mol. The van der Waals surface area contributed by atoms with Gasteiger partial charge in [-0.25, -0.2) is 0 Å². The first-order valence-corrected chi connectivity index (χ1v) is 4.86. The van der Waals surface area contributed by atoms with Crippen LogP contribution >= 0.6 is 15.9 Å². The molecule has 0 saturated heterocycles. The molecule has 1 unspecified atom stereocenters. The van der Waals surface area contributed by atoms with Crippen LogP contribution in [0, 0.1) is 5.92 Å². The molecular weight excluding hydrogens is 271 g/mol. The Morgan fingerprint density at radius 3 is 1.62 bits per heavy atom. The molecule has 0 heterocycles. The molecule has 78 valence electrons. The summed E-state index contributed by atoms with van der Waals surface area (Å²) in [6, 6.07) is 0. The van der Waals surface area contributed by atoms with Gasteiger partial charge in [0.2, 0.25) is 0 Å². The van der Waals surface area contributed by atoms with Gasteiger partial charge < -0.3 is 0 Å². The van der Waals surface area contributed by atoms with Gasteiger partial charge in [0.05, 0.1) is 0 Å². The van der Waals surface area contributed by atoms with Gasteiger partial charge in [0.1, 0.15) is 7.85 Å². The number of hydrogen-bond acceptors (Lipinski definition) is 0. The summed E-state index contributed by atoms with van der Waals surface area (Å²) in [5, 5.41) is 0. The Morgan fingerprint density at radius 1 is 1.00 bits per heavy atom. The van der Waals surface area contributed by atoms with Crippen molar-refractivity contribution in [3.05, 3.63) is 0 Å². The standard InChI is InChI=1S/C7H14BBr.3FH.K.H/c8-7(9)6-4-2-1-3-5-6;;;;;/h6-7H,1-5,8H2;3*1H;;. The van der Waals surface area contributed by atoms with E-state index >= 15 is 0 Å². The second kappa shape index (κ2) is 14.0. The molecule has 1 atom stereocenters. The summed E-state index contributed by atoms with van der Waals surface area (Å²) >= 11 is 3.64. The molecule has 0 N–H and O–H groups in total. The van der Waals surface area contributed by atoms with Crippen molar-refractivity contribution in [1.82, 2.24) is 0 Å². The zero-order valence-corrected chi connectivity index (χ0v) is 8.88. The zero-order valence-electron chi connectivity index (χ0n) is 7.29. The van der Waals surface area contributed by atoms with Gasteiger partial charge in [0.15, 0.2) is 0 Å². The number of halogens is 4. The molecule has 13 heavy (non-hydrogen) atoms. The number of rotatable bonds is 1. The van der Waals surface area contributed by atoms with E-state index in [1.807, 2.05) is 0 Å². The molecular formula is C7H18BBrF3K. The second-order valence-corrected chi connectivity index (χ2v) is 4.52. The summed E-state index contributed by atoms with van der Waals surface area (Å²) in [5.41, 5.74) is 0. The SMILES string of the molecule is BC(Br)C1CCCCC1.F.F.F.[KH]. The van der Waals surface area contributed by atoms with Crippen molar-refractivity contribution >= 4 is 75.2 Å². The molecule has 1 saturated carbocycles. The van der Waals surface area contributed by atoms with Crippen molar-refractivity contribution < 1.29 is 14.1 Å². The van der Waals surface area contributed by atoms with Gasteiger partial charge in [0, 0.05) is 0 Å². The summed E-state index contributed by atoms with van der Waals surface area (Å²) in [7, 11) is 2.27. The third-order valence-electron chi connectivity index (χ3n) is 2.30. The predicted octanol–water partition coefficient (Wildman–Crippen LogP) is 1.73. The van der Waals surface area contributed by atoms with Gasteiger partial charge in [0.25, 0.3) is 0 Å². The minimum absolute atomic E-state index is 0. The van der Waals surface area contributed by atoms with Crippen molar-refractivity contribution in [2.24, 2.45) is 5.92 Å². The number of hydrogen-bond donors (Lipinski definition) is 0. The quantitative estimate of drug-likeness (QED) is 0.509. The fourth-order valence-corrected chi connectivity index (χ4v) is 2.12. The maximum absolute atomic E-state index is 3.64. The Hall–Kier alpha value is 1.97. The van der Waals surface area contributed by atoms with Crippen molar-refractivity contribution in [3.63, 3.8) is 0 Å². The van der Waals surface area contributed by atoms with E-state index in [9.17, 15) is 0 Å². The molecule has 0 aromatic heterocycles. The first-order chi connectivity index (χ1) is 4.30. The molecule has 0 amide bonds. The molecule has 0 aliphatic heterocycles. The van der Waals surface area contributed by atoms with Gasteiger partial charge in [-0.3, -0.25) is 14.1 Å². The summed E-state index contributed by atoms with van der Waals surface area (Å²) in [6.45, 7) is 0. The van der Waals surface area contributed by atoms with Gasteiger partial charge in [-0.15, -0.1) is 0 Å². The van der Waals surface area contributed by atoms with Crippen molar-refractivity contribution in [1.29, 1.82) is 0 Å². The normalized spacial score (nSPS) is 17.9. The first kappa shape index (κ1) is 24.3. The van der Waals surface area contributed by atoms with Crippen molar-refractivity contribution in [2.45, 2.75) is 36.8 Å². The van der Waals surface area contributed by atoms with E-state index in [2.05, 4.69) is 23.8 Å². The zero-order chi connectivity index (χ0) is 6.69. The fourth-order valence-electron chi connectivity index (χ4n) is 1.59. The molecule has 0 radical (unpaired) electrons. The van der Waals surface area contributed by atoms with E-state index in [1.165, 1.54) is 32.1 Å². The molecule has 1 rings (SSSR count). The van der Waals surface area contributed by atoms with E-state index in [-0.39, 0.29) is 65.5 Å². The average molecular weight is 289 g/mol. The molecule has 6 heteroatoms. The monoisotopic (exact) mass is 288 g/mol. The van der Waals surface area contributed by atoms with Crippen LogP contribution in [0.15, 0.2) is 0 Å². The van der Waals surface area contributed by atoms with Crippen LogP contribution in [0.25, 0.3) is 0 Å². The molecule has 0 spiro atoms. The molecule has 1 fully saturated rings. The van der Waals surface area contributed by atoms with Crippen LogP contribution in [-0.2, 0) is 0 Å². The summed E-state index contributed by atoms with van der Waals surface area (Å²) in [5.74, 6) is 0.971. The van der Waals surface area contributed by atoms with Crippen LogP contribution in [0.1, 0.15) is 32.1 Å². The first-order valence-electron chi connectivity index (χ1n) is 3.95. The van der Waals surface area contributed by atoms with Crippen molar-refractivity contribution in [3.8, 4) is 0 Å². The van der Waals surface area contributed by atoms with Crippen LogP contribution in [0.5, 0.6) is 0 Å². The van der Waals surface area contributed by atoms with Gasteiger partial charge in [-0.05, 0) is 10.6 Å². The van der Waals surface area contributed by atoms with Crippen LogP contribution in [0.3, 0.4) is 0 Å². The molecule has 0 nitrogen and oxygen atoms in total. The van der Waals surface area contributed by atoms with E-state index in [4.69, 9.17) is 0 Å². The second-order valence-electron chi connectivity index (χ2n) is 3.08. The summed E-state index contributed by atoms with van der Waals surface area (Å²) in [4.78, 5) is 0. The van der Waals surface area contributed by atoms with E-state index in [1.54, 1.807) is 0 Å². The topological polar surface area (TPSA) is 0 Å². The van der Waals surface area contributed by atoms with E-state index in [0.29, 0.717) is 0 Å². The summed E-state index contributed by atoms with van der Waals surface area (Å²) < 4.78 is 0.748. The fraction of sp³-hybridized carbons (Fsp3) is 1.00. The van der Waals surface area contributed by atoms with Crippen LogP contribution in [-0.4, -0.2) is 64.0 Å². The Labute approximate surface area is 130 Å². The average Bonchev–Trinajstić information content (AvgIpc) is 1.90. The van der Waals surface area contributed by atoms with Crippen molar-refractivity contribution in [2.75, 3.05) is 0 Å². The molecule has 0 aromatic carbocycles. The van der Waals surface area contributed by atoms with Gasteiger partial charge >= 0.3 is 51.4 Å². The van der Waals surface area contributed by atoms with E-state index in [0.717, 1.165) is 10.6 Å². The Bertz CT molecular complexity index is 91.8. The molecule has 1 aliphatic rings. The maximum atomic E-state index is 3.64. The molecule has 0 aromatic rings. The van der Waals surface area contributed by atoms with Gasteiger partial charge in [-0.2, -0.15) is 0 Å². The van der Waals surface area contributed by atoms with Crippen LogP contribution in [0.4, 0.5) is 14.1 Å². The van der Waals surface area contributed by atoms with Crippen LogP contribution < -0.4 is 0 Å². The molecule has 1 aliphatic carbocycles. The number of alkyl halides is 1. The minimum atomic E-state index is 0. The Morgan fingerprint density at radius 2 is 1.38 bits per heavy atom. The third kappa shape index (κ3) is 10.3. The Balaban J connectivity index is -0.000000101. The molecule has 0 bridgehead atoms. The van der Waals surface area contributed by atoms with Crippen LogP contribution in [0.2, 0.25) is 0 Å².